The number of hydrogen-bond acceptors (Lipinski definition) is 5. The first kappa shape index (κ1) is 28.5. The number of aryl methyl sites for hydroxylation is 2. The van der Waals surface area contributed by atoms with E-state index in [0.29, 0.717) is 5.52 Å². The first-order chi connectivity index (χ1) is 18.1. The van der Waals surface area contributed by atoms with Crippen LogP contribution in [0.15, 0.2) is 53.3 Å². The number of alkyl halides is 3. The monoisotopic (exact) mass is 583 g/mol. The quantitative estimate of drug-likeness (QED) is 0.276. The number of fused-ring (bicyclic) bond motifs is 1. The molecule has 0 radical (unpaired) electrons. The number of carboxylic acid groups (broad SMARTS) is 1. The molecular formula is C26H22Cl2F3N3O5. The highest BCUT2D eigenvalue weighted by Crippen LogP contribution is 2.50. The minimum atomic E-state index is -5.11. The molecule has 0 aliphatic rings. The van der Waals surface area contributed by atoms with E-state index in [1.54, 1.807) is 0 Å². The summed E-state index contributed by atoms with van der Waals surface area (Å²) in [5.74, 6) is -2.52. The topological polar surface area (TPSA) is 107 Å². The van der Waals surface area contributed by atoms with E-state index < -0.39 is 34.9 Å². The van der Waals surface area contributed by atoms with Gasteiger partial charge in [-0.1, -0.05) is 42.3 Å². The fourth-order valence-corrected chi connectivity index (χ4v) is 5.02. The summed E-state index contributed by atoms with van der Waals surface area (Å²) in [5.41, 5.74) is -3.32. The van der Waals surface area contributed by atoms with E-state index in [0.717, 1.165) is 12.1 Å². The zero-order chi connectivity index (χ0) is 28.9. The normalized spacial score (nSPS) is 14.3. The molecule has 0 fully saturated rings. The summed E-state index contributed by atoms with van der Waals surface area (Å²) in [5, 5.41) is 20.0. The van der Waals surface area contributed by atoms with Crippen molar-refractivity contribution < 1.29 is 32.9 Å². The Bertz CT molecular complexity index is 1650. The van der Waals surface area contributed by atoms with Crippen LogP contribution in [0, 0.1) is 0 Å². The maximum absolute atomic E-state index is 14.5. The summed E-state index contributed by atoms with van der Waals surface area (Å²) in [6.45, 7) is 1.20. The van der Waals surface area contributed by atoms with Crippen molar-refractivity contribution in [1.29, 1.82) is 0 Å². The lowest BCUT2D eigenvalue weighted by Crippen LogP contribution is -2.46. The van der Waals surface area contributed by atoms with Gasteiger partial charge in [-0.2, -0.15) is 13.2 Å². The molecule has 8 nitrogen and oxygen atoms in total. The molecule has 0 aliphatic heterocycles. The fraction of sp³-hybridized carbons (Fsp3) is 0.269. The van der Waals surface area contributed by atoms with Gasteiger partial charge in [0.05, 0.1) is 17.5 Å². The molecule has 4 aromatic rings. The van der Waals surface area contributed by atoms with Gasteiger partial charge in [0.15, 0.2) is 5.60 Å². The van der Waals surface area contributed by atoms with Gasteiger partial charge in [0.25, 0.3) is 0 Å². The smallest absolute Gasteiger partial charge is 0.422 e. The zero-order valence-corrected chi connectivity index (χ0v) is 22.3. The average Bonchev–Trinajstić information content (AvgIpc) is 3.07. The van der Waals surface area contributed by atoms with E-state index in [-0.39, 0.29) is 44.9 Å². The molecule has 0 bridgehead atoms. The highest BCUT2D eigenvalue weighted by Gasteiger charge is 2.59. The molecule has 13 heteroatoms. The van der Waals surface area contributed by atoms with Crippen LogP contribution in [-0.2, 0) is 30.9 Å². The molecule has 39 heavy (non-hydrogen) atoms. The van der Waals surface area contributed by atoms with E-state index in [2.05, 4.69) is 4.98 Å². The van der Waals surface area contributed by atoms with Crippen molar-refractivity contribution in [2.24, 2.45) is 14.1 Å². The number of aliphatic hydroxyl groups is 1. The Balaban J connectivity index is 1.69. The molecule has 0 saturated heterocycles. The molecule has 0 spiro atoms. The van der Waals surface area contributed by atoms with Crippen LogP contribution < -0.4 is 10.4 Å². The summed E-state index contributed by atoms with van der Waals surface area (Å²) in [6.07, 6.45) is -5.44. The maximum Gasteiger partial charge on any atom is 0.422 e. The summed E-state index contributed by atoms with van der Waals surface area (Å²) in [4.78, 5) is 27.1. The van der Waals surface area contributed by atoms with Gasteiger partial charge in [0.2, 0.25) is 5.88 Å². The van der Waals surface area contributed by atoms with E-state index in [1.807, 2.05) is 0 Å². The van der Waals surface area contributed by atoms with Crippen LogP contribution >= 0.6 is 23.2 Å². The van der Waals surface area contributed by atoms with Crippen molar-refractivity contribution in [1.82, 2.24) is 14.1 Å². The van der Waals surface area contributed by atoms with Crippen molar-refractivity contribution >= 4 is 40.2 Å². The second-order valence-corrected chi connectivity index (χ2v) is 9.81. The number of aromatic nitrogens is 3. The number of ether oxygens (including phenoxy) is 1. The van der Waals surface area contributed by atoms with Crippen LogP contribution in [0.5, 0.6) is 11.6 Å². The SMILES string of the molecule is C[C@H](c1ccc(Oc2ccc(CC(=O)O)c(Cl)n2)cc1Cl)[C@@](O)(c1ccc2c(c1)n(C)c(=O)n2C)C(F)(F)F. The number of aliphatic carboxylic acids is 1. The Labute approximate surface area is 229 Å². The molecule has 4 rings (SSSR count). The van der Waals surface area contributed by atoms with Gasteiger partial charge in [0, 0.05) is 36.7 Å². The summed E-state index contributed by atoms with van der Waals surface area (Å²) in [7, 11) is 2.93. The third-order valence-electron chi connectivity index (χ3n) is 6.67. The fourth-order valence-electron chi connectivity index (χ4n) is 4.47. The maximum atomic E-state index is 14.5. The van der Waals surface area contributed by atoms with Crippen molar-refractivity contribution in [2.45, 2.75) is 31.0 Å². The second-order valence-electron chi connectivity index (χ2n) is 9.05. The Morgan fingerprint density at radius 1 is 1.05 bits per heavy atom. The lowest BCUT2D eigenvalue weighted by molar-refractivity contribution is -0.274. The molecule has 0 aliphatic carbocycles. The molecule has 0 amide bonds. The highest BCUT2D eigenvalue weighted by molar-refractivity contribution is 6.31. The average molecular weight is 584 g/mol. The highest BCUT2D eigenvalue weighted by atomic mass is 35.5. The van der Waals surface area contributed by atoms with Crippen LogP contribution in [0.3, 0.4) is 0 Å². The third kappa shape index (κ3) is 5.09. The molecule has 2 atom stereocenters. The number of halogens is 5. The van der Waals surface area contributed by atoms with Gasteiger partial charge in [-0.3, -0.25) is 13.9 Å². The summed E-state index contributed by atoms with van der Waals surface area (Å²) < 4.78 is 51.6. The first-order valence-corrected chi connectivity index (χ1v) is 12.2. The predicted octanol–water partition coefficient (Wildman–Crippen LogP) is 5.55. The van der Waals surface area contributed by atoms with Crippen molar-refractivity contribution in [2.75, 3.05) is 0 Å². The second kappa shape index (κ2) is 10.2. The molecule has 0 unspecified atom stereocenters. The third-order valence-corrected chi connectivity index (χ3v) is 7.33. The number of rotatable bonds is 7. The Morgan fingerprint density at radius 3 is 2.31 bits per heavy atom. The first-order valence-electron chi connectivity index (χ1n) is 11.4. The number of pyridine rings is 1. The van der Waals surface area contributed by atoms with Gasteiger partial charge in [-0.05, 0) is 41.5 Å². The number of nitrogens with zero attached hydrogens (tertiary/aromatic N) is 3. The molecule has 2 aromatic carbocycles. The molecule has 2 aromatic heterocycles. The van der Waals surface area contributed by atoms with Crippen LogP contribution in [0.2, 0.25) is 10.2 Å². The largest absolute Gasteiger partial charge is 0.481 e. The van der Waals surface area contributed by atoms with Gasteiger partial charge < -0.3 is 14.9 Å². The van der Waals surface area contributed by atoms with Crippen molar-refractivity contribution in [3.8, 4) is 11.6 Å². The van der Waals surface area contributed by atoms with E-state index >= 15 is 0 Å². The van der Waals surface area contributed by atoms with Crippen LogP contribution in [0.25, 0.3) is 11.0 Å². The van der Waals surface area contributed by atoms with Gasteiger partial charge in [-0.25, -0.2) is 9.78 Å². The van der Waals surface area contributed by atoms with Crippen LogP contribution in [0.4, 0.5) is 13.2 Å². The van der Waals surface area contributed by atoms with E-state index in [1.165, 1.54) is 66.6 Å². The molecule has 2 heterocycles. The number of imidazole rings is 1. The van der Waals surface area contributed by atoms with Crippen molar-refractivity contribution in [3.05, 3.63) is 85.9 Å². The van der Waals surface area contributed by atoms with Gasteiger partial charge in [-0.15, -0.1) is 0 Å². The number of benzene rings is 2. The Kier molecular flexibility index (Phi) is 7.46. The van der Waals surface area contributed by atoms with E-state index in [9.17, 15) is 27.9 Å². The summed E-state index contributed by atoms with van der Waals surface area (Å²) >= 11 is 12.4. The molecular weight excluding hydrogens is 562 g/mol. The minimum Gasteiger partial charge on any atom is -0.481 e. The van der Waals surface area contributed by atoms with Gasteiger partial charge >= 0.3 is 17.8 Å². The number of carbonyl (C=O) groups is 1. The summed E-state index contributed by atoms with van der Waals surface area (Å²) in [6, 6.07) is 10.4. The Morgan fingerprint density at radius 2 is 1.72 bits per heavy atom. The lowest BCUT2D eigenvalue weighted by atomic mass is 9.77. The number of carboxylic acids is 1. The van der Waals surface area contributed by atoms with Crippen LogP contribution in [0.1, 0.15) is 29.5 Å². The molecule has 0 saturated carbocycles. The van der Waals surface area contributed by atoms with E-state index in [4.69, 9.17) is 33.0 Å². The standard InChI is InChI=1S/C26H22Cl2F3N3O5/c1-13(25(38,26(29,30)31)15-5-8-19-20(11-15)34(3)24(37)33(19)2)17-7-6-16(12-18(17)27)39-21-9-4-14(10-22(35)36)23(28)32-21/h4-9,11-13,38H,10H2,1-3H3,(H,35,36)/t13-,25-/m1/s1. The lowest BCUT2D eigenvalue weighted by Gasteiger charge is -2.37. The van der Waals surface area contributed by atoms with Gasteiger partial charge in [0.1, 0.15) is 10.9 Å². The zero-order valence-electron chi connectivity index (χ0n) is 20.8. The molecule has 206 valence electrons. The van der Waals surface area contributed by atoms with Crippen LogP contribution in [-0.4, -0.2) is 36.5 Å². The Hall–Kier alpha value is -3.54. The predicted molar refractivity (Wildman–Crippen MR) is 139 cm³/mol. The molecule has 2 N–H and O–H groups in total. The number of hydrogen-bond donors (Lipinski definition) is 2. The van der Waals surface area contributed by atoms with Crippen molar-refractivity contribution in [3.63, 3.8) is 0 Å². The minimum absolute atomic E-state index is 0.00585.